The molecule has 3 N–H and O–H groups in total. The van der Waals surface area contributed by atoms with Crippen molar-refractivity contribution in [1.82, 2.24) is 24.7 Å². The third-order valence-electron chi connectivity index (χ3n) is 9.50. The van der Waals surface area contributed by atoms with E-state index in [0.29, 0.717) is 38.3 Å². The number of rotatable bonds is 13. The van der Waals surface area contributed by atoms with Gasteiger partial charge in [-0.2, -0.15) is 0 Å². The van der Waals surface area contributed by atoms with Crippen LogP contribution in [0.25, 0.3) is 22.2 Å². The number of ether oxygens (including phenoxy) is 1. The van der Waals surface area contributed by atoms with Gasteiger partial charge in [0, 0.05) is 69.5 Å². The largest absolute Gasteiger partial charge is 0.465 e. The van der Waals surface area contributed by atoms with Crippen molar-refractivity contribution < 1.29 is 24.2 Å². The number of carboxylic acid groups (broad SMARTS) is 1. The van der Waals surface area contributed by atoms with Crippen molar-refractivity contribution in [3.05, 3.63) is 84.2 Å². The molecule has 0 unspecified atom stereocenters. The van der Waals surface area contributed by atoms with Crippen molar-refractivity contribution in [3.8, 4) is 11.1 Å². The van der Waals surface area contributed by atoms with Gasteiger partial charge in [-0.15, -0.1) is 0 Å². The van der Waals surface area contributed by atoms with Gasteiger partial charge in [-0.1, -0.05) is 48.5 Å². The van der Waals surface area contributed by atoms with Crippen molar-refractivity contribution in [3.63, 3.8) is 0 Å². The van der Waals surface area contributed by atoms with Crippen LogP contribution in [0.2, 0.25) is 0 Å². The number of piperidine rings is 1. The Labute approximate surface area is 301 Å². The van der Waals surface area contributed by atoms with E-state index < -0.39 is 17.7 Å². The Morgan fingerprint density at radius 2 is 1.71 bits per heavy atom. The molecule has 2 heterocycles. The Morgan fingerprint density at radius 1 is 1.02 bits per heavy atom. The first-order valence-electron chi connectivity index (χ1n) is 18.0. The minimum atomic E-state index is -1.04. The zero-order valence-corrected chi connectivity index (χ0v) is 30.5. The number of amides is 4. The highest BCUT2D eigenvalue weighted by Crippen LogP contribution is 2.31. The minimum Gasteiger partial charge on any atom is -0.465 e. The summed E-state index contributed by atoms with van der Waals surface area (Å²) in [6.45, 7) is 10.7. The Morgan fingerprint density at radius 3 is 2.35 bits per heavy atom. The number of anilines is 1. The van der Waals surface area contributed by atoms with Crippen LogP contribution < -0.4 is 10.6 Å². The Balaban J connectivity index is 1.32. The van der Waals surface area contributed by atoms with Crippen LogP contribution in [0, 0.1) is 0 Å². The molecule has 1 saturated heterocycles. The molecule has 5 rings (SSSR count). The molecule has 0 bridgehead atoms. The van der Waals surface area contributed by atoms with Crippen molar-refractivity contribution in [2.75, 3.05) is 38.7 Å². The van der Waals surface area contributed by atoms with Crippen molar-refractivity contribution in [2.45, 2.75) is 83.8 Å². The molecule has 51 heavy (non-hydrogen) atoms. The van der Waals surface area contributed by atoms with Crippen LogP contribution in [0.1, 0.15) is 70.7 Å². The average Bonchev–Trinajstić information content (AvgIpc) is 3.47. The van der Waals surface area contributed by atoms with Crippen LogP contribution in [-0.4, -0.2) is 87.4 Å². The smallest absolute Gasteiger partial charge is 0.408 e. The fraction of sp³-hybridized carbons (Fsp3) is 0.450. The summed E-state index contributed by atoms with van der Waals surface area (Å²) >= 11 is 0. The third kappa shape index (κ3) is 9.46. The van der Waals surface area contributed by atoms with Crippen molar-refractivity contribution in [2.24, 2.45) is 0 Å². The molecule has 1 aromatic heterocycles. The monoisotopic (exact) mass is 696 g/mol. The number of urea groups is 1. The number of carbonyl (C=O) groups excluding carboxylic acids is 2. The van der Waals surface area contributed by atoms with E-state index >= 15 is 0 Å². The molecular weight excluding hydrogens is 644 g/mol. The predicted molar refractivity (Wildman–Crippen MR) is 201 cm³/mol. The number of methoxy groups -OCH3 is 1. The molecule has 1 fully saturated rings. The first-order chi connectivity index (χ1) is 24.5. The van der Waals surface area contributed by atoms with Crippen molar-refractivity contribution >= 4 is 34.8 Å². The molecule has 0 saturated carbocycles. The number of para-hydroxylation sites is 2. The SMILES string of the molecule is CCNC(=O)Nc1ccc(-c2ccc(C[C@H](CC(=O)N3CCC[C@@H](c4nc5ccccc5n4CCCOC)C3)N(C(=O)O)C(C)(C)C)cc2)cc1. The molecule has 0 aliphatic carbocycles. The molecule has 11 heteroatoms. The van der Waals surface area contributed by atoms with Crippen LogP contribution in [0.5, 0.6) is 0 Å². The Bertz CT molecular complexity index is 1780. The van der Waals surface area contributed by atoms with Gasteiger partial charge in [-0.25, -0.2) is 14.6 Å². The first kappa shape index (κ1) is 37.4. The highest BCUT2D eigenvalue weighted by atomic mass is 16.5. The topological polar surface area (TPSA) is 129 Å². The number of hydrogen-bond acceptors (Lipinski definition) is 5. The Hall–Kier alpha value is -4.90. The summed E-state index contributed by atoms with van der Waals surface area (Å²) in [4.78, 5) is 47.1. The number of aromatic nitrogens is 2. The highest BCUT2D eigenvalue weighted by Gasteiger charge is 2.37. The standard InChI is InChI=1S/C40H52N6O5/c1-6-41-38(48)42-32-20-18-30(19-21-32)29-16-14-28(15-17-29)25-33(46(39(49)50)40(2,3)4)26-36(47)44-22-9-11-31(27-44)37-43-34-12-7-8-13-35(34)45(37)23-10-24-51-5/h7-8,12-21,31,33H,6,9-11,22-27H2,1-5H3,(H,49,50)(H2,41,42,48)/t31-,33-/m1/s1. The Kier molecular flexibility index (Phi) is 12.4. The number of benzene rings is 3. The lowest BCUT2D eigenvalue weighted by molar-refractivity contribution is -0.134. The number of aryl methyl sites for hydroxylation is 1. The van der Waals surface area contributed by atoms with Crippen LogP contribution in [0.15, 0.2) is 72.8 Å². The number of hydrogen-bond donors (Lipinski definition) is 3. The summed E-state index contributed by atoms with van der Waals surface area (Å²) < 4.78 is 7.61. The summed E-state index contributed by atoms with van der Waals surface area (Å²) in [6, 6.07) is 23.0. The van der Waals surface area contributed by atoms with Gasteiger partial charge in [0.05, 0.1) is 11.0 Å². The fourth-order valence-corrected chi connectivity index (χ4v) is 7.19. The number of imidazole rings is 1. The normalized spacial score (nSPS) is 15.4. The molecule has 1 aliphatic heterocycles. The fourth-order valence-electron chi connectivity index (χ4n) is 7.19. The predicted octanol–water partition coefficient (Wildman–Crippen LogP) is 7.37. The van der Waals surface area contributed by atoms with E-state index in [2.05, 4.69) is 21.3 Å². The molecule has 3 aromatic carbocycles. The molecule has 0 radical (unpaired) electrons. The van der Waals surface area contributed by atoms with E-state index in [9.17, 15) is 19.5 Å². The van der Waals surface area contributed by atoms with Crippen LogP contribution in [0.3, 0.4) is 0 Å². The van der Waals surface area contributed by atoms with Crippen LogP contribution >= 0.6 is 0 Å². The van der Waals surface area contributed by atoms with Gasteiger partial charge in [0.1, 0.15) is 5.82 Å². The highest BCUT2D eigenvalue weighted by molar-refractivity contribution is 5.89. The number of likely N-dealkylation sites (tertiary alicyclic amines) is 1. The molecule has 272 valence electrons. The second kappa shape index (κ2) is 16.9. The van der Waals surface area contributed by atoms with Crippen LogP contribution in [0.4, 0.5) is 15.3 Å². The van der Waals surface area contributed by atoms with Crippen LogP contribution in [-0.2, 0) is 22.5 Å². The molecule has 0 spiro atoms. The average molecular weight is 697 g/mol. The maximum atomic E-state index is 14.1. The lowest BCUT2D eigenvalue weighted by Crippen LogP contribution is -2.54. The van der Waals surface area contributed by atoms with Gasteiger partial charge in [-0.05, 0) is 94.3 Å². The van der Waals surface area contributed by atoms with Gasteiger partial charge in [-0.3, -0.25) is 9.69 Å². The number of nitrogens with one attached hydrogen (secondary N) is 2. The lowest BCUT2D eigenvalue weighted by atomic mass is 9.93. The molecule has 4 amide bonds. The number of fused-ring (bicyclic) bond motifs is 1. The molecule has 2 atom stereocenters. The number of carbonyl (C=O) groups is 3. The van der Waals surface area contributed by atoms with Crippen molar-refractivity contribution in [1.29, 1.82) is 0 Å². The number of nitrogens with zero attached hydrogens (tertiary/aromatic N) is 4. The maximum Gasteiger partial charge on any atom is 0.408 e. The third-order valence-corrected chi connectivity index (χ3v) is 9.50. The summed E-state index contributed by atoms with van der Waals surface area (Å²) in [7, 11) is 1.71. The van der Waals surface area contributed by atoms with Gasteiger partial charge in [0.2, 0.25) is 5.91 Å². The summed E-state index contributed by atoms with van der Waals surface area (Å²) in [5, 5.41) is 15.9. The molecule has 1 aliphatic rings. The first-order valence-corrected chi connectivity index (χ1v) is 18.0. The zero-order chi connectivity index (χ0) is 36.5. The van der Waals surface area contributed by atoms with E-state index in [-0.39, 0.29) is 24.3 Å². The minimum absolute atomic E-state index is 0.0415. The molecule has 11 nitrogen and oxygen atoms in total. The van der Waals surface area contributed by atoms with E-state index in [1.54, 1.807) is 7.11 Å². The quantitative estimate of drug-likeness (QED) is 0.125. The lowest BCUT2D eigenvalue weighted by Gasteiger charge is -2.41. The van der Waals surface area contributed by atoms with E-state index in [1.165, 1.54) is 4.90 Å². The van der Waals surface area contributed by atoms with Gasteiger partial charge in [0.25, 0.3) is 0 Å². The maximum absolute atomic E-state index is 14.1. The summed E-state index contributed by atoms with van der Waals surface area (Å²) in [6.07, 6.45) is 2.10. The molecular formula is C40H52N6O5. The second-order valence-corrected chi connectivity index (χ2v) is 14.3. The van der Waals surface area contributed by atoms with Gasteiger partial charge >= 0.3 is 12.1 Å². The summed E-state index contributed by atoms with van der Waals surface area (Å²) in [5.41, 5.74) is 4.96. The molecule has 4 aromatic rings. The van der Waals surface area contributed by atoms with Gasteiger partial charge in [0.15, 0.2) is 0 Å². The summed E-state index contributed by atoms with van der Waals surface area (Å²) in [5.74, 6) is 1.04. The van der Waals surface area contributed by atoms with Gasteiger partial charge < -0.3 is 29.9 Å². The van der Waals surface area contributed by atoms with E-state index in [1.807, 2.05) is 99.3 Å². The second-order valence-electron chi connectivity index (χ2n) is 14.3. The van der Waals surface area contributed by atoms with E-state index in [4.69, 9.17) is 9.72 Å². The zero-order valence-electron chi connectivity index (χ0n) is 30.5. The van der Waals surface area contributed by atoms with E-state index in [0.717, 1.165) is 59.4 Å².